The second-order valence-corrected chi connectivity index (χ2v) is 4.94. The van der Waals surface area contributed by atoms with Crippen LogP contribution in [0.1, 0.15) is 12.5 Å². The van der Waals surface area contributed by atoms with Crippen LogP contribution in [0.5, 0.6) is 0 Å². The van der Waals surface area contributed by atoms with E-state index < -0.39 is 0 Å². The van der Waals surface area contributed by atoms with Crippen molar-refractivity contribution in [3.63, 3.8) is 0 Å². The summed E-state index contributed by atoms with van der Waals surface area (Å²) >= 11 is 6.01. The normalized spacial score (nSPS) is 22.5. The van der Waals surface area contributed by atoms with Crippen molar-refractivity contribution in [3.8, 4) is 6.07 Å². The summed E-state index contributed by atoms with van der Waals surface area (Å²) in [6.45, 7) is 3.60. The predicted octanol–water partition coefficient (Wildman–Crippen LogP) is 2.01. The number of amides is 1. The number of halogens is 1. The zero-order valence-electron chi connectivity index (χ0n) is 10.0. The van der Waals surface area contributed by atoms with E-state index in [0.717, 1.165) is 6.54 Å². The number of carbonyl (C=O) groups excluding carboxylic acids is 1. The molecule has 1 aromatic rings. The van der Waals surface area contributed by atoms with E-state index in [1.54, 1.807) is 18.2 Å². The van der Waals surface area contributed by atoms with Gasteiger partial charge in [-0.25, -0.2) is 0 Å². The van der Waals surface area contributed by atoms with E-state index in [2.05, 4.69) is 10.6 Å². The molecule has 5 heteroatoms. The quantitative estimate of drug-likeness (QED) is 0.858. The largest absolute Gasteiger partial charge is 0.324 e. The molecule has 0 saturated carbocycles. The monoisotopic (exact) mass is 263 g/mol. The molecule has 2 N–H and O–H groups in total. The minimum Gasteiger partial charge on any atom is -0.324 e. The van der Waals surface area contributed by atoms with Crippen LogP contribution < -0.4 is 10.6 Å². The van der Waals surface area contributed by atoms with Crippen molar-refractivity contribution in [2.24, 2.45) is 11.8 Å². The fourth-order valence-electron chi connectivity index (χ4n) is 2.07. The highest BCUT2D eigenvalue weighted by Gasteiger charge is 2.29. The first kappa shape index (κ1) is 12.9. The highest BCUT2D eigenvalue weighted by atomic mass is 35.5. The molecule has 4 nitrogen and oxygen atoms in total. The Bertz CT molecular complexity index is 509. The van der Waals surface area contributed by atoms with Crippen LogP contribution in [0.25, 0.3) is 0 Å². The molecule has 0 spiro atoms. The van der Waals surface area contributed by atoms with Crippen molar-refractivity contribution in [3.05, 3.63) is 28.8 Å². The minimum atomic E-state index is -0.0308. The van der Waals surface area contributed by atoms with Gasteiger partial charge in [-0.05, 0) is 30.7 Å². The van der Waals surface area contributed by atoms with E-state index in [9.17, 15) is 4.79 Å². The van der Waals surface area contributed by atoms with Crippen molar-refractivity contribution in [2.45, 2.75) is 6.92 Å². The number of carbonyl (C=O) groups is 1. The highest BCUT2D eigenvalue weighted by molar-refractivity contribution is 6.33. The Labute approximate surface area is 111 Å². The van der Waals surface area contributed by atoms with Crippen molar-refractivity contribution in [1.82, 2.24) is 5.32 Å². The van der Waals surface area contributed by atoms with Gasteiger partial charge in [-0.2, -0.15) is 5.26 Å². The van der Waals surface area contributed by atoms with Gasteiger partial charge in [-0.3, -0.25) is 4.79 Å². The van der Waals surface area contributed by atoms with E-state index in [0.29, 0.717) is 28.7 Å². The number of rotatable bonds is 2. The van der Waals surface area contributed by atoms with Crippen molar-refractivity contribution in [1.29, 1.82) is 5.26 Å². The number of nitrogens with one attached hydrogen (secondary N) is 2. The van der Waals surface area contributed by atoms with E-state index in [1.165, 1.54) is 0 Å². The molecule has 1 saturated heterocycles. The standard InChI is InChI=1S/C13H14ClN3O/c1-8-6-16-7-10(8)13(18)17-12-3-2-9(5-15)4-11(12)14/h2-4,8,10,16H,6-7H2,1H3,(H,17,18). The maximum absolute atomic E-state index is 12.1. The summed E-state index contributed by atoms with van der Waals surface area (Å²) in [4.78, 5) is 12.1. The maximum atomic E-state index is 12.1. The smallest absolute Gasteiger partial charge is 0.229 e. The lowest BCUT2D eigenvalue weighted by atomic mass is 9.97. The second-order valence-electron chi connectivity index (χ2n) is 4.54. The minimum absolute atomic E-state index is 0.0286. The average molecular weight is 264 g/mol. The van der Waals surface area contributed by atoms with E-state index in [-0.39, 0.29) is 11.8 Å². The molecule has 2 rings (SSSR count). The van der Waals surface area contributed by atoms with Crippen LogP contribution in [0, 0.1) is 23.2 Å². The third-order valence-electron chi connectivity index (χ3n) is 3.21. The van der Waals surface area contributed by atoms with Gasteiger partial charge in [0.15, 0.2) is 0 Å². The summed E-state index contributed by atoms with van der Waals surface area (Å²) in [6.07, 6.45) is 0. The molecule has 2 unspecified atom stereocenters. The molecule has 1 amide bonds. The van der Waals surface area contributed by atoms with Gasteiger partial charge >= 0.3 is 0 Å². The third-order valence-corrected chi connectivity index (χ3v) is 3.52. The number of nitriles is 1. The Hall–Kier alpha value is -1.57. The van der Waals surface area contributed by atoms with E-state index in [1.807, 2.05) is 13.0 Å². The van der Waals surface area contributed by atoms with Crippen LogP contribution in [-0.4, -0.2) is 19.0 Å². The number of benzene rings is 1. The molecule has 2 atom stereocenters. The van der Waals surface area contributed by atoms with Gasteiger partial charge in [-0.1, -0.05) is 18.5 Å². The molecule has 1 aromatic carbocycles. The molecule has 94 valence electrons. The first-order chi connectivity index (χ1) is 8.61. The molecular weight excluding hydrogens is 250 g/mol. The predicted molar refractivity (Wildman–Crippen MR) is 70.3 cm³/mol. The van der Waals surface area contributed by atoms with Gasteiger partial charge in [0.25, 0.3) is 0 Å². The molecule has 1 aliphatic heterocycles. The summed E-state index contributed by atoms with van der Waals surface area (Å²) in [5.74, 6) is 0.262. The van der Waals surface area contributed by atoms with Crippen molar-refractivity contribution < 1.29 is 4.79 Å². The van der Waals surface area contributed by atoms with Crippen LogP contribution >= 0.6 is 11.6 Å². The molecular formula is C13H14ClN3O. The third kappa shape index (κ3) is 2.63. The summed E-state index contributed by atoms with van der Waals surface area (Å²) in [7, 11) is 0. The van der Waals surface area contributed by atoms with Crippen LogP contribution in [0.15, 0.2) is 18.2 Å². The summed E-state index contributed by atoms with van der Waals surface area (Å²) < 4.78 is 0. The van der Waals surface area contributed by atoms with Crippen LogP contribution in [0.4, 0.5) is 5.69 Å². The van der Waals surface area contributed by atoms with Gasteiger partial charge in [0.1, 0.15) is 0 Å². The first-order valence-electron chi connectivity index (χ1n) is 5.83. The molecule has 1 aliphatic rings. The SMILES string of the molecule is CC1CNCC1C(=O)Nc1ccc(C#N)cc1Cl. The lowest BCUT2D eigenvalue weighted by Gasteiger charge is -2.15. The number of hydrogen-bond acceptors (Lipinski definition) is 3. The molecule has 0 aromatic heterocycles. The fraction of sp³-hybridized carbons (Fsp3) is 0.385. The molecule has 1 heterocycles. The number of hydrogen-bond donors (Lipinski definition) is 2. The van der Waals surface area contributed by atoms with Gasteiger partial charge in [-0.15, -0.1) is 0 Å². The number of anilines is 1. The lowest BCUT2D eigenvalue weighted by Crippen LogP contribution is -2.27. The average Bonchev–Trinajstić information content (AvgIpc) is 2.78. The maximum Gasteiger partial charge on any atom is 0.229 e. The zero-order valence-corrected chi connectivity index (χ0v) is 10.8. The first-order valence-corrected chi connectivity index (χ1v) is 6.21. The van der Waals surface area contributed by atoms with Gasteiger partial charge in [0, 0.05) is 6.54 Å². The Kier molecular flexibility index (Phi) is 3.85. The Morgan fingerprint density at radius 1 is 1.56 bits per heavy atom. The van der Waals surface area contributed by atoms with E-state index in [4.69, 9.17) is 16.9 Å². The molecule has 1 fully saturated rings. The van der Waals surface area contributed by atoms with Crippen molar-refractivity contribution in [2.75, 3.05) is 18.4 Å². The van der Waals surface area contributed by atoms with Crippen molar-refractivity contribution >= 4 is 23.2 Å². The molecule has 0 radical (unpaired) electrons. The summed E-state index contributed by atoms with van der Waals surface area (Å²) in [6, 6.07) is 6.85. The topological polar surface area (TPSA) is 64.9 Å². The van der Waals surface area contributed by atoms with Gasteiger partial charge in [0.2, 0.25) is 5.91 Å². The lowest BCUT2D eigenvalue weighted by molar-refractivity contribution is -0.120. The zero-order chi connectivity index (χ0) is 13.1. The highest BCUT2D eigenvalue weighted by Crippen LogP contribution is 2.25. The van der Waals surface area contributed by atoms with Crippen LogP contribution in [0.2, 0.25) is 5.02 Å². The Balaban J connectivity index is 2.10. The summed E-state index contributed by atoms with van der Waals surface area (Å²) in [5, 5.41) is 15.1. The van der Waals surface area contributed by atoms with E-state index >= 15 is 0 Å². The van der Waals surface area contributed by atoms with Gasteiger partial charge in [0.05, 0.1) is 28.3 Å². The number of nitrogens with zero attached hydrogens (tertiary/aromatic N) is 1. The molecule has 0 aliphatic carbocycles. The fourth-order valence-corrected chi connectivity index (χ4v) is 2.30. The van der Waals surface area contributed by atoms with Crippen LogP contribution in [-0.2, 0) is 4.79 Å². The second kappa shape index (κ2) is 5.38. The molecule has 18 heavy (non-hydrogen) atoms. The van der Waals surface area contributed by atoms with Gasteiger partial charge < -0.3 is 10.6 Å². The molecule has 0 bridgehead atoms. The Morgan fingerprint density at radius 3 is 2.89 bits per heavy atom. The Morgan fingerprint density at radius 2 is 2.33 bits per heavy atom. The van der Waals surface area contributed by atoms with Crippen LogP contribution in [0.3, 0.4) is 0 Å². The summed E-state index contributed by atoms with van der Waals surface area (Å²) in [5.41, 5.74) is 1.04.